The van der Waals surface area contributed by atoms with Crippen LogP contribution in [0.4, 0.5) is 0 Å². The second kappa shape index (κ2) is 12.2. The Labute approximate surface area is 128 Å². The molecular weight excluding hydrogens is 242 g/mol. The maximum absolute atomic E-state index is 3.96. The maximum atomic E-state index is 3.96. The number of quaternary nitrogens is 1. The van der Waals surface area contributed by atoms with Crippen molar-refractivity contribution in [3.8, 4) is 0 Å². The van der Waals surface area contributed by atoms with Crippen molar-refractivity contribution in [1.29, 1.82) is 0 Å². The Morgan fingerprint density at radius 3 is 2.00 bits per heavy atom. The number of hydrogen-bond donors (Lipinski definition) is 0. The molecule has 0 spiro atoms. The lowest BCUT2D eigenvalue weighted by atomic mass is 10.00. The van der Waals surface area contributed by atoms with Crippen LogP contribution >= 0.6 is 0 Å². The lowest BCUT2D eigenvalue weighted by molar-refractivity contribution is -0.920. The first-order valence-corrected chi connectivity index (χ1v) is 8.71. The van der Waals surface area contributed by atoms with Gasteiger partial charge in [-0.15, -0.1) is 0 Å². The summed E-state index contributed by atoms with van der Waals surface area (Å²) in [5.41, 5.74) is 0. The van der Waals surface area contributed by atoms with Gasteiger partial charge in [-0.05, 0) is 25.0 Å². The highest BCUT2D eigenvalue weighted by atomic mass is 15.3. The third-order valence-electron chi connectivity index (χ3n) is 4.23. The Morgan fingerprint density at radius 2 is 1.50 bits per heavy atom. The molecule has 0 fully saturated rings. The summed E-state index contributed by atoms with van der Waals surface area (Å²) in [5.74, 6) is 0.808. The second-order valence-corrected chi connectivity index (χ2v) is 6.50. The Morgan fingerprint density at radius 1 is 0.900 bits per heavy atom. The molecule has 1 heteroatoms. The minimum absolute atomic E-state index is 0.808. The summed E-state index contributed by atoms with van der Waals surface area (Å²) in [5, 5.41) is 0. The Kier molecular flexibility index (Phi) is 11.9. The lowest BCUT2D eigenvalue weighted by Crippen LogP contribution is -2.51. The van der Waals surface area contributed by atoms with E-state index in [0.29, 0.717) is 0 Å². The van der Waals surface area contributed by atoms with Gasteiger partial charge < -0.3 is 4.48 Å². The van der Waals surface area contributed by atoms with E-state index in [4.69, 9.17) is 0 Å². The van der Waals surface area contributed by atoms with Crippen molar-refractivity contribution in [1.82, 2.24) is 0 Å². The molecular formula is C19H38N+. The minimum atomic E-state index is 0.808. The summed E-state index contributed by atoms with van der Waals surface area (Å²) >= 11 is 0. The molecule has 118 valence electrons. The van der Waals surface area contributed by atoms with Crippen LogP contribution in [0.15, 0.2) is 25.3 Å². The predicted octanol–water partition coefficient (Wildman–Crippen LogP) is 5.58. The lowest BCUT2D eigenvalue weighted by Gasteiger charge is -2.39. The molecule has 20 heavy (non-hydrogen) atoms. The van der Waals surface area contributed by atoms with Gasteiger partial charge in [0.25, 0.3) is 0 Å². The molecule has 1 nitrogen and oxygen atoms in total. The van der Waals surface area contributed by atoms with Gasteiger partial charge in [-0.25, -0.2) is 0 Å². The van der Waals surface area contributed by atoms with Crippen molar-refractivity contribution in [2.45, 2.75) is 65.7 Å². The molecule has 0 radical (unpaired) electrons. The van der Waals surface area contributed by atoms with E-state index < -0.39 is 0 Å². The smallest absolute Gasteiger partial charge is 0.0973 e. The zero-order chi connectivity index (χ0) is 15.3. The number of hydrogen-bond acceptors (Lipinski definition) is 0. The van der Waals surface area contributed by atoms with Crippen LogP contribution in [0.2, 0.25) is 0 Å². The van der Waals surface area contributed by atoms with E-state index in [1.165, 1.54) is 58.0 Å². The molecule has 0 saturated heterocycles. The fourth-order valence-electron chi connectivity index (χ4n) is 3.37. The molecule has 0 aliphatic rings. The van der Waals surface area contributed by atoms with Gasteiger partial charge in [0.2, 0.25) is 0 Å². The van der Waals surface area contributed by atoms with E-state index in [2.05, 4.69) is 46.1 Å². The second-order valence-electron chi connectivity index (χ2n) is 6.50. The Hall–Kier alpha value is -0.560. The zero-order valence-corrected chi connectivity index (χ0v) is 14.4. The monoisotopic (exact) mass is 280 g/mol. The van der Waals surface area contributed by atoms with E-state index in [0.717, 1.165) is 23.5 Å². The summed E-state index contributed by atoms with van der Waals surface area (Å²) in [6.07, 6.45) is 13.8. The summed E-state index contributed by atoms with van der Waals surface area (Å²) < 4.78 is 1.15. The zero-order valence-electron chi connectivity index (χ0n) is 14.4. The predicted molar refractivity (Wildman–Crippen MR) is 93.0 cm³/mol. The van der Waals surface area contributed by atoms with E-state index in [9.17, 15) is 0 Å². The molecule has 0 aromatic heterocycles. The average Bonchev–Trinajstić information content (AvgIpc) is 2.39. The molecule has 0 aromatic rings. The standard InChI is InChI=1S/C19H38N/c1-6-10-11-12-13-14-19(5)18-20(15-7-2,16-8-3)17-9-4/h7-8,19H,2-3,6,9-18H2,1,4-5H3/q+1. The first-order valence-electron chi connectivity index (χ1n) is 8.71. The van der Waals surface area contributed by atoms with Crippen molar-refractivity contribution < 1.29 is 4.48 Å². The van der Waals surface area contributed by atoms with Crippen LogP contribution in [0.3, 0.4) is 0 Å². The molecule has 0 aliphatic heterocycles. The van der Waals surface area contributed by atoms with Gasteiger partial charge in [0.1, 0.15) is 0 Å². The van der Waals surface area contributed by atoms with Gasteiger partial charge in [0, 0.05) is 5.92 Å². The number of nitrogens with zero attached hydrogens (tertiary/aromatic N) is 1. The fourth-order valence-corrected chi connectivity index (χ4v) is 3.37. The maximum Gasteiger partial charge on any atom is 0.0973 e. The topological polar surface area (TPSA) is 0 Å². The molecule has 0 amide bonds. The van der Waals surface area contributed by atoms with Gasteiger partial charge in [-0.1, -0.05) is 66.0 Å². The van der Waals surface area contributed by atoms with Crippen molar-refractivity contribution in [3.63, 3.8) is 0 Å². The molecule has 0 saturated carbocycles. The van der Waals surface area contributed by atoms with Crippen LogP contribution in [-0.2, 0) is 0 Å². The van der Waals surface area contributed by atoms with Crippen LogP contribution in [-0.4, -0.2) is 30.7 Å². The highest BCUT2D eigenvalue weighted by molar-refractivity contribution is 4.73. The molecule has 1 unspecified atom stereocenters. The van der Waals surface area contributed by atoms with Gasteiger partial charge in [-0.3, -0.25) is 0 Å². The summed E-state index contributed by atoms with van der Waals surface area (Å²) in [7, 11) is 0. The molecule has 0 bridgehead atoms. The summed E-state index contributed by atoms with van der Waals surface area (Å²) in [4.78, 5) is 0. The van der Waals surface area contributed by atoms with Gasteiger partial charge in [0.05, 0.1) is 26.2 Å². The Bertz CT molecular complexity index is 234. The Balaban J connectivity index is 4.25. The van der Waals surface area contributed by atoms with E-state index in [1.54, 1.807) is 0 Å². The van der Waals surface area contributed by atoms with E-state index in [1.807, 2.05) is 0 Å². The number of rotatable bonds is 14. The minimum Gasteiger partial charge on any atom is -0.317 e. The molecule has 1 atom stereocenters. The van der Waals surface area contributed by atoms with Crippen molar-refractivity contribution >= 4 is 0 Å². The first kappa shape index (κ1) is 19.4. The quantitative estimate of drug-likeness (QED) is 0.221. The highest BCUT2D eigenvalue weighted by Gasteiger charge is 2.25. The van der Waals surface area contributed by atoms with Crippen molar-refractivity contribution in [2.75, 3.05) is 26.2 Å². The average molecular weight is 281 g/mol. The fraction of sp³-hybridized carbons (Fsp3) is 0.789. The van der Waals surface area contributed by atoms with Gasteiger partial charge >= 0.3 is 0 Å². The van der Waals surface area contributed by atoms with Crippen LogP contribution in [0.25, 0.3) is 0 Å². The third-order valence-corrected chi connectivity index (χ3v) is 4.23. The SMILES string of the molecule is C=CC[N+](CC=C)(CCC)CC(C)CCCCCCC. The van der Waals surface area contributed by atoms with Crippen molar-refractivity contribution in [2.24, 2.45) is 5.92 Å². The van der Waals surface area contributed by atoms with E-state index in [-0.39, 0.29) is 0 Å². The van der Waals surface area contributed by atoms with Crippen molar-refractivity contribution in [3.05, 3.63) is 25.3 Å². The summed E-state index contributed by atoms with van der Waals surface area (Å²) in [6.45, 7) is 19.6. The van der Waals surface area contributed by atoms with E-state index >= 15 is 0 Å². The molecule has 0 heterocycles. The van der Waals surface area contributed by atoms with Crippen LogP contribution < -0.4 is 0 Å². The van der Waals surface area contributed by atoms with Gasteiger partial charge in [0.15, 0.2) is 0 Å². The molecule has 0 rings (SSSR count). The van der Waals surface area contributed by atoms with Crippen LogP contribution in [0.5, 0.6) is 0 Å². The van der Waals surface area contributed by atoms with Crippen LogP contribution in [0, 0.1) is 5.92 Å². The molecule has 0 N–H and O–H groups in total. The molecule has 0 aromatic carbocycles. The molecule has 0 aliphatic carbocycles. The largest absolute Gasteiger partial charge is 0.317 e. The highest BCUT2D eigenvalue weighted by Crippen LogP contribution is 2.18. The number of unbranched alkanes of at least 4 members (excludes halogenated alkanes) is 4. The normalized spacial score (nSPS) is 13.2. The van der Waals surface area contributed by atoms with Crippen LogP contribution in [0.1, 0.15) is 65.7 Å². The third kappa shape index (κ3) is 8.58. The summed E-state index contributed by atoms with van der Waals surface area (Å²) in [6, 6.07) is 0. The first-order chi connectivity index (χ1) is 9.64. The van der Waals surface area contributed by atoms with Gasteiger partial charge in [-0.2, -0.15) is 0 Å².